The molecule has 0 unspecified atom stereocenters. The van der Waals surface area contributed by atoms with E-state index in [-0.39, 0.29) is 19.1 Å². The molecule has 0 aliphatic carbocycles. The smallest absolute Gasteiger partial charge is 0.354 e. The Morgan fingerprint density at radius 3 is 1.65 bits per heavy atom. The minimum atomic E-state index is -4.44. The van der Waals surface area contributed by atoms with E-state index in [9.17, 15) is 9.36 Å². The molecule has 0 atom stereocenters. The van der Waals surface area contributed by atoms with E-state index in [1.54, 1.807) is 0 Å². The Kier molecular flexibility index (Phi) is 24.5. The molecule has 0 spiro atoms. The van der Waals surface area contributed by atoms with E-state index in [4.69, 9.17) is 9.79 Å². The second-order valence-corrected chi connectivity index (χ2v) is 10.4. The van der Waals surface area contributed by atoms with Crippen molar-refractivity contribution in [1.82, 2.24) is 5.32 Å². The van der Waals surface area contributed by atoms with Gasteiger partial charge in [-0.05, 0) is 32.1 Å². The van der Waals surface area contributed by atoms with Crippen molar-refractivity contribution >= 4 is 13.7 Å². The topological polar surface area (TPSA) is 95.9 Å². The van der Waals surface area contributed by atoms with Crippen molar-refractivity contribution in [1.29, 1.82) is 0 Å². The van der Waals surface area contributed by atoms with Crippen molar-refractivity contribution in [2.45, 2.75) is 129 Å². The largest absolute Gasteiger partial charge is 0.469 e. The zero-order chi connectivity index (χ0) is 25.2. The lowest BCUT2D eigenvalue weighted by Crippen LogP contribution is -2.26. The number of allylic oxidation sites excluding steroid dienone is 4. The summed E-state index contributed by atoms with van der Waals surface area (Å²) in [5, 5.41) is 2.60. The highest BCUT2D eigenvalue weighted by molar-refractivity contribution is 7.46. The molecule has 0 bridgehead atoms. The van der Waals surface area contributed by atoms with Gasteiger partial charge in [0.1, 0.15) is 0 Å². The van der Waals surface area contributed by atoms with Gasteiger partial charge in [-0.2, -0.15) is 0 Å². The van der Waals surface area contributed by atoms with Crippen LogP contribution in [-0.2, 0) is 13.9 Å². The third kappa shape index (κ3) is 29.1. The molecule has 3 N–H and O–H groups in total. The van der Waals surface area contributed by atoms with Gasteiger partial charge in [-0.15, -0.1) is 0 Å². The number of carbonyl (C=O) groups is 1. The van der Waals surface area contributed by atoms with Gasteiger partial charge >= 0.3 is 7.82 Å². The van der Waals surface area contributed by atoms with Crippen LogP contribution in [0.3, 0.4) is 0 Å². The summed E-state index contributed by atoms with van der Waals surface area (Å²) in [4.78, 5) is 28.7. The molecule has 0 aliphatic rings. The van der Waals surface area contributed by atoms with Crippen LogP contribution in [0.2, 0.25) is 0 Å². The van der Waals surface area contributed by atoms with E-state index in [0.717, 1.165) is 25.7 Å². The molecule has 0 saturated carbocycles. The van der Waals surface area contributed by atoms with Gasteiger partial charge < -0.3 is 15.1 Å². The van der Waals surface area contributed by atoms with Crippen molar-refractivity contribution in [3.63, 3.8) is 0 Å². The third-order valence-electron chi connectivity index (χ3n) is 5.82. The van der Waals surface area contributed by atoms with Crippen LogP contribution in [0.5, 0.6) is 0 Å². The molecule has 0 fully saturated rings. The standard InChI is InChI=1S/C27H52NO5P/c1-2-3-4-5-6-7-8-9-10-11-12-13-14-15-16-17-18-19-20-21-22-23-24-27(29)28-25-26-33-34(30,31)32/h13-16H,2-12,17-26H2,1H3,(H,28,29)(H2,30,31,32). The molecule has 0 aliphatic heterocycles. The lowest BCUT2D eigenvalue weighted by Gasteiger charge is -2.07. The van der Waals surface area contributed by atoms with E-state index in [2.05, 4.69) is 41.1 Å². The summed E-state index contributed by atoms with van der Waals surface area (Å²) in [5.74, 6) is -0.0966. The van der Waals surface area contributed by atoms with Crippen LogP contribution >= 0.6 is 7.82 Å². The van der Waals surface area contributed by atoms with Gasteiger partial charge in [0.05, 0.1) is 6.61 Å². The Morgan fingerprint density at radius 1 is 0.735 bits per heavy atom. The van der Waals surface area contributed by atoms with Gasteiger partial charge in [0, 0.05) is 13.0 Å². The average molecular weight is 502 g/mol. The summed E-state index contributed by atoms with van der Waals surface area (Å²) in [7, 11) is -4.44. The number of rotatable bonds is 25. The maximum atomic E-state index is 11.6. The van der Waals surface area contributed by atoms with E-state index in [1.165, 1.54) is 89.9 Å². The fourth-order valence-electron chi connectivity index (χ4n) is 3.80. The quantitative estimate of drug-likeness (QED) is 0.0675. The number of phosphoric ester groups is 1. The second kappa shape index (κ2) is 25.2. The maximum absolute atomic E-state index is 11.6. The Hall–Kier alpha value is -0.940. The zero-order valence-corrected chi connectivity index (χ0v) is 22.6. The van der Waals surface area contributed by atoms with E-state index >= 15 is 0 Å². The molecule has 0 aromatic rings. The molecule has 0 saturated heterocycles. The number of nitrogens with one attached hydrogen (secondary N) is 1. The third-order valence-corrected chi connectivity index (χ3v) is 6.33. The van der Waals surface area contributed by atoms with Crippen molar-refractivity contribution in [3.8, 4) is 0 Å². The van der Waals surface area contributed by atoms with Crippen molar-refractivity contribution in [3.05, 3.63) is 24.3 Å². The summed E-state index contributed by atoms with van der Waals surface area (Å²) < 4.78 is 14.8. The molecule has 0 rings (SSSR count). The van der Waals surface area contributed by atoms with Gasteiger partial charge in [-0.25, -0.2) is 4.57 Å². The highest BCUT2D eigenvalue weighted by atomic mass is 31.2. The monoisotopic (exact) mass is 501 g/mol. The normalized spacial score (nSPS) is 12.2. The fourth-order valence-corrected chi connectivity index (χ4v) is 4.13. The van der Waals surface area contributed by atoms with Gasteiger partial charge in [0.2, 0.25) is 5.91 Å². The first-order valence-corrected chi connectivity index (χ1v) is 15.3. The van der Waals surface area contributed by atoms with Gasteiger partial charge in [0.25, 0.3) is 0 Å². The number of hydrogen-bond acceptors (Lipinski definition) is 3. The lowest BCUT2D eigenvalue weighted by atomic mass is 10.1. The minimum Gasteiger partial charge on any atom is -0.354 e. The number of carbonyl (C=O) groups excluding carboxylic acids is 1. The first-order valence-electron chi connectivity index (χ1n) is 13.7. The molecule has 200 valence electrons. The molecule has 6 nitrogen and oxygen atoms in total. The molecule has 7 heteroatoms. The second-order valence-electron chi connectivity index (χ2n) is 9.16. The van der Waals surface area contributed by atoms with Crippen LogP contribution in [0.15, 0.2) is 24.3 Å². The van der Waals surface area contributed by atoms with Crippen molar-refractivity contribution < 1.29 is 23.7 Å². The predicted molar refractivity (Wildman–Crippen MR) is 143 cm³/mol. The average Bonchev–Trinajstić information content (AvgIpc) is 2.79. The SMILES string of the molecule is CCCCCCCCCCCCC=CC=CCCCCCCCCC(=O)NCCOP(=O)(O)O. The number of amides is 1. The first-order chi connectivity index (χ1) is 16.5. The van der Waals surface area contributed by atoms with Crippen LogP contribution in [-0.4, -0.2) is 28.8 Å². The van der Waals surface area contributed by atoms with E-state index in [0.29, 0.717) is 6.42 Å². The van der Waals surface area contributed by atoms with Crippen LogP contribution in [0.4, 0.5) is 0 Å². The minimum absolute atomic E-state index is 0.0966. The maximum Gasteiger partial charge on any atom is 0.469 e. The number of phosphoric acid groups is 1. The molecule has 0 aromatic carbocycles. The highest BCUT2D eigenvalue weighted by Gasteiger charge is 2.12. The molecular weight excluding hydrogens is 449 g/mol. The Bertz CT molecular complexity index is 559. The van der Waals surface area contributed by atoms with Gasteiger partial charge in [0.15, 0.2) is 0 Å². The fraction of sp³-hybridized carbons (Fsp3) is 0.815. The Labute approximate surface area is 209 Å². The molecule has 34 heavy (non-hydrogen) atoms. The Balaban J connectivity index is 3.29. The lowest BCUT2D eigenvalue weighted by molar-refractivity contribution is -0.121. The zero-order valence-electron chi connectivity index (χ0n) is 21.7. The summed E-state index contributed by atoms with van der Waals surface area (Å²) in [6, 6.07) is 0. The Morgan fingerprint density at radius 2 is 1.18 bits per heavy atom. The summed E-state index contributed by atoms with van der Waals surface area (Å²) in [5.41, 5.74) is 0. The van der Waals surface area contributed by atoms with Crippen LogP contribution in [0.1, 0.15) is 129 Å². The van der Waals surface area contributed by atoms with Gasteiger partial charge in [-0.3, -0.25) is 9.32 Å². The molecular formula is C27H52NO5P. The molecule has 1 amide bonds. The van der Waals surface area contributed by atoms with Gasteiger partial charge in [-0.1, -0.05) is 115 Å². The van der Waals surface area contributed by atoms with Crippen molar-refractivity contribution in [2.24, 2.45) is 0 Å². The van der Waals surface area contributed by atoms with Crippen LogP contribution in [0.25, 0.3) is 0 Å². The summed E-state index contributed by atoms with van der Waals surface area (Å²) in [6.07, 6.45) is 32.2. The van der Waals surface area contributed by atoms with E-state index in [1.807, 2.05) is 0 Å². The van der Waals surface area contributed by atoms with E-state index < -0.39 is 7.82 Å². The number of hydrogen-bond donors (Lipinski definition) is 3. The van der Waals surface area contributed by atoms with Crippen LogP contribution < -0.4 is 5.32 Å². The molecule has 0 heterocycles. The predicted octanol–water partition coefficient (Wildman–Crippen LogP) is 7.76. The number of unbranched alkanes of at least 4 members (excludes halogenated alkanes) is 16. The molecule has 0 radical (unpaired) electrons. The summed E-state index contributed by atoms with van der Waals surface area (Å²) in [6.45, 7) is 2.21. The highest BCUT2D eigenvalue weighted by Crippen LogP contribution is 2.35. The molecule has 0 aromatic heterocycles. The summed E-state index contributed by atoms with van der Waals surface area (Å²) >= 11 is 0. The van der Waals surface area contributed by atoms with Crippen molar-refractivity contribution in [2.75, 3.05) is 13.2 Å². The first kappa shape index (κ1) is 33.1. The van der Waals surface area contributed by atoms with Crippen LogP contribution in [0, 0.1) is 0 Å².